The summed E-state index contributed by atoms with van der Waals surface area (Å²) >= 11 is 1.39. The van der Waals surface area contributed by atoms with Crippen LogP contribution in [0.15, 0.2) is 29.3 Å². The normalized spacial score (nSPS) is 11.0. The van der Waals surface area contributed by atoms with E-state index >= 15 is 0 Å². The average molecular weight is 403 g/mol. The van der Waals surface area contributed by atoms with Gasteiger partial charge in [-0.25, -0.2) is 4.99 Å². The Labute approximate surface area is 169 Å². The summed E-state index contributed by atoms with van der Waals surface area (Å²) in [5.74, 6) is 2.01. The number of unbranched alkanes of at least 4 members (excludes halogenated alkanes) is 3. The number of thioether (sulfide) groups is 1. The molecule has 28 heavy (non-hydrogen) atoms. The van der Waals surface area contributed by atoms with E-state index in [1.807, 2.05) is 24.3 Å². The molecule has 0 unspecified atom stereocenters. The van der Waals surface area contributed by atoms with Gasteiger partial charge in [-0.1, -0.05) is 24.6 Å². The number of benzene rings is 1. The number of nitrogens with two attached hydrogens (primary N) is 3. The van der Waals surface area contributed by atoms with Gasteiger partial charge in [-0.15, -0.1) is 0 Å². The molecule has 0 aliphatic heterocycles. The number of rotatable bonds is 10. The molecule has 0 radical (unpaired) electrons. The van der Waals surface area contributed by atoms with Gasteiger partial charge in [0.2, 0.25) is 5.95 Å². The number of ether oxygens (including phenoxy) is 1. The highest BCUT2D eigenvalue weighted by Gasteiger charge is 2.06. The van der Waals surface area contributed by atoms with E-state index in [9.17, 15) is 4.79 Å². The van der Waals surface area contributed by atoms with Gasteiger partial charge in [0.25, 0.3) is 0 Å². The Kier molecular flexibility index (Phi) is 8.54. The molecule has 0 fully saturated rings. The number of aliphatic imine (C=N–C) groups is 1. The van der Waals surface area contributed by atoms with Crippen LogP contribution in [0.1, 0.15) is 38.2 Å². The van der Waals surface area contributed by atoms with Crippen LogP contribution in [0.3, 0.4) is 0 Å². The van der Waals surface area contributed by atoms with Crippen LogP contribution in [0.2, 0.25) is 0 Å². The number of nitrogens with zero attached hydrogens (tertiary/aromatic N) is 3. The van der Waals surface area contributed by atoms with Crippen molar-refractivity contribution in [2.45, 2.75) is 32.6 Å². The van der Waals surface area contributed by atoms with E-state index in [4.69, 9.17) is 21.9 Å². The summed E-state index contributed by atoms with van der Waals surface area (Å²) in [6.07, 6.45) is 5.89. The van der Waals surface area contributed by atoms with Crippen LogP contribution in [-0.4, -0.2) is 33.7 Å². The topological polar surface area (TPSA) is 142 Å². The molecule has 0 saturated carbocycles. The molecule has 0 bridgehead atoms. The molecule has 9 heteroatoms. The second kappa shape index (κ2) is 11.1. The second-order valence-corrected chi connectivity index (χ2v) is 7.40. The van der Waals surface area contributed by atoms with Gasteiger partial charge in [-0.05, 0) is 42.7 Å². The minimum atomic E-state index is 0.0189. The summed E-state index contributed by atoms with van der Waals surface area (Å²) in [6.45, 7) is 2.27. The lowest BCUT2D eigenvalue weighted by molar-refractivity contribution is -0.109. The molecule has 1 aromatic heterocycles. The quantitative estimate of drug-likeness (QED) is 0.406. The van der Waals surface area contributed by atoms with Crippen LogP contribution in [0.25, 0.3) is 0 Å². The van der Waals surface area contributed by atoms with Crippen molar-refractivity contribution in [1.82, 2.24) is 9.97 Å². The van der Waals surface area contributed by atoms with Crippen LogP contribution in [0, 0.1) is 0 Å². The van der Waals surface area contributed by atoms with E-state index in [0.29, 0.717) is 12.3 Å². The molecule has 150 valence electrons. The fraction of sp³-hybridized carbons (Fsp3) is 0.368. The molecule has 0 amide bonds. The van der Waals surface area contributed by atoms with E-state index in [2.05, 4.69) is 15.0 Å². The van der Waals surface area contributed by atoms with Crippen LogP contribution < -0.4 is 21.9 Å². The summed E-state index contributed by atoms with van der Waals surface area (Å²) in [5, 5.41) is 0.186. The van der Waals surface area contributed by atoms with Crippen molar-refractivity contribution in [2.24, 2.45) is 4.99 Å². The lowest BCUT2D eigenvalue weighted by atomic mass is 10.2. The number of aromatic nitrogens is 2. The van der Waals surface area contributed by atoms with Crippen molar-refractivity contribution < 1.29 is 9.53 Å². The van der Waals surface area contributed by atoms with Gasteiger partial charge in [-0.3, -0.25) is 4.79 Å². The number of hydrogen-bond acceptors (Lipinski definition) is 9. The molecule has 1 aromatic carbocycles. The van der Waals surface area contributed by atoms with Gasteiger partial charge in [0.1, 0.15) is 11.4 Å². The van der Waals surface area contributed by atoms with E-state index in [1.54, 1.807) is 13.1 Å². The van der Waals surface area contributed by atoms with Crippen molar-refractivity contribution in [3.8, 4) is 5.75 Å². The Morgan fingerprint density at radius 1 is 1.07 bits per heavy atom. The average Bonchev–Trinajstić information content (AvgIpc) is 2.64. The minimum Gasteiger partial charge on any atom is -0.494 e. The highest BCUT2D eigenvalue weighted by molar-refractivity contribution is 8.13. The molecule has 0 aliphatic rings. The molecule has 8 nitrogen and oxygen atoms in total. The van der Waals surface area contributed by atoms with Gasteiger partial charge in [-0.2, -0.15) is 9.97 Å². The van der Waals surface area contributed by atoms with Crippen LogP contribution >= 0.6 is 11.8 Å². The summed E-state index contributed by atoms with van der Waals surface area (Å²) in [4.78, 5) is 22.8. The van der Waals surface area contributed by atoms with Crippen LogP contribution in [0.5, 0.6) is 5.75 Å². The molecule has 1 heterocycles. The molecule has 0 spiro atoms. The maximum atomic E-state index is 10.8. The van der Waals surface area contributed by atoms with E-state index < -0.39 is 0 Å². The predicted octanol–water partition coefficient (Wildman–Crippen LogP) is 3.19. The smallest absolute Gasteiger partial charge is 0.224 e. The largest absolute Gasteiger partial charge is 0.494 e. The summed E-state index contributed by atoms with van der Waals surface area (Å²) in [5.41, 5.74) is 18.2. The maximum Gasteiger partial charge on any atom is 0.224 e. The number of nitrogen functional groups attached to an aromatic ring is 3. The summed E-state index contributed by atoms with van der Waals surface area (Å²) in [6, 6.07) is 7.55. The van der Waals surface area contributed by atoms with E-state index in [-0.39, 0.29) is 22.7 Å². The van der Waals surface area contributed by atoms with Gasteiger partial charge >= 0.3 is 0 Å². The number of carbonyl (C=O) groups excluding carboxylic acids is 1. The standard InChI is InChI=1S/C19H26N6O2S/c1-13(26)28-11-5-3-2-4-10-27-15-8-6-14(7-9-15)12-23-16-17(20)24-19(22)25-18(16)21/h6-9,12H,2-5,10-11H2,1H3,(H6,20,21,22,24,25). The predicted molar refractivity (Wildman–Crippen MR) is 116 cm³/mol. The van der Waals surface area contributed by atoms with Crippen molar-refractivity contribution in [1.29, 1.82) is 0 Å². The SMILES string of the molecule is CC(=O)SCCCCCCOc1ccc(C=Nc2c(N)nc(N)nc2N)cc1. The lowest BCUT2D eigenvalue weighted by Gasteiger charge is -2.06. The first-order valence-electron chi connectivity index (χ1n) is 9.04. The third kappa shape index (κ3) is 7.43. The van der Waals surface area contributed by atoms with E-state index in [0.717, 1.165) is 42.7 Å². The van der Waals surface area contributed by atoms with Crippen LogP contribution in [0.4, 0.5) is 23.3 Å². The van der Waals surface area contributed by atoms with Gasteiger partial charge in [0.05, 0.1) is 6.61 Å². The maximum absolute atomic E-state index is 10.8. The number of carbonyl (C=O) groups is 1. The molecule has 0 atom stereocenters. The van der Waals surface area contributed by atoms with Crippen molar-refractivity contribution in [3.05, 3.63) is 29.8 Å². The molecule has 0 aliphatic carbocycles. The summed E-state index contributed by atoms with van der Waals surface area (Å²) in [7, 11) is 0. The zero-order valence-electron chi connectivity index (χ0n) is 15.9. The highest BCUT2D eigenvalue weighted by atomic mass is 32.2. The first-order valence-corrected chi connectivity index (χ1v) is 10.0. The van der Waals surface area contributed by atoms with Crippen molar-refractivity contribution >= 4 is 46.4 Å². The first-order chi connectivity index (χ1) is 13.5. The molecule has 2 rings (SSSR count). The van der Waals surface area contributed by atoms with Gasteiger partial charge < -0.3 is 21.9 Å². The monoisotopic (exact) mass is 402 g/mol. The Morgan fingerprint density at radius 2 is 1.71 bits per heavy atom. The molecular weight excluding hydrogens is 376 g/mol. The zero-order valence-corrected chi connectivity index (χ0v) is 16.7. The second-order valence-electron chi connectivity index (χ2n) is 6.13. The Hall–Kier alpha value is -2.81. The lowest BCUT2D eigenvalue weighted by Crippen LogP contribution is -2.03. The first kappa shape index (κ1) is 21.5. The Bertz CT molecular complexity index is 788. The van der Waals surface area contributed by atoms with Gasteiger partial charge in [0.15, 0.2) is 16.8 Å². The molecular formula is C19H26N6O2S. The Balaban J connectivity index is 1.74. The molecule has 2 aromatic rings. The zero-order chi connectivity index (χ0) is 20.4. The van der Waals surface area contributed by atoms with E-state index in [1.165, 1.54) is 11.8 Å². The van der Waals surface area contributed by atoms with Gasteiger partial charge in [0, 0.05) is 18.9 Å². The third-order valence-corrected chi connectivity index (χ3v) is 4.69. The number of hydrogen-bond donors (Lipinski definition) is 3. The third-order valence-electron chi connectivity index (χ3n) is 3.79. The van der Waals surface area contributed by atoms with Crippen molar-refractivity contribution in [2.75, 3.05) is 29.6 Å². The highest BCUT2D eigenvalue weighted by Crippen LogP contribution is 2.26. The number of anilines is 3. The minimum absolute atomic E-state index is 0.0189. The molecule has 6 N–H and O–H groups in total. The Morgan fingerprint density at radius 3 is 2.36 bits per heavy atom. The fourth-order valence-electron chi connectivity index (χ4n) is 2.39. The van der Waals surface area contributed by atoms with Crippen molar-refractivity contribution in [3.63, 3.8) is 0 Å². The molecule has 0 saturated heterocycles. The fourth-order valence-corrected chi connectivity index (χ4v) is 3.03. The summed E-state index contributed by atoms with van der Waals surface area (Å²) < 4.78 is 5.74. The van der Waals surface area contributed by atoms with Crippen LogP contribution in [-0.2, 0) is 4.79 Å².